The number of esters is 1. The zero-order chi connectivity index (χ0) is 10.6. The molecular formula is C8H15NO4. The van der Waals surface area contributed by atoms with Crippen molar-refractivity contribution in [1.82, 2.24) is 0 Å². The van der Waals surface area contributed by atoms with Gasteiger partial charge in [0.05, 0.1) is 5.92 Å². The Labute approximate surface area is 76.9 Å². The third-order valence-corrected chi connectivity index (χ3v) is 1.56. The number of hydrogen-bond acceptors (Lipinski definition) is 4. The first-order valence-corrected chi connectivity index (χ1v) is 4.05. The number of ether oxygens (including phenoxy) is 1. The normalized spacial score (nSPS) is 15.2. The van der Waals surface area contributed by atoms with Gasteiger partial charge >= 0.3 is 11.9 Å². The third-order valence-electron chi connectivity index (χ3n) is 1.56. The maximum absolute atomic E-state index is 11.0. The van der Waals surface area contributed by atoms with E-state index in [4.69, 9.17) is 15.6 Å². The van der Waals surface area contributed by atoms with Crippen molar-refractivity contribution >= 4 is 11.9 Å². The van der Waals surface area contributed by atoms with Crippen LogP contribution in [0.3, 0.4) is 0 Å². The molecule has 0 rings (SSSR count). The molecule has 0 aromatic carbocycles. The molecule has 0 heterocycles. The van der Waals surface area contributed by atoms with Crippen LogP contribution in [0, 0.1) is 5.92 Å². The van der Waals surface area contributed by atoms with E-state index in [-0.39, 0.29) is 5.92 Å². The molecule has 0 aliphatic rings. The second-order valence-electron chi connectivity index (χ2n) is 3.16. The Morgan fingerprint density at radius 1 is 1.31 bits per heavy atom. The maximum atomic E-state index is 11.0. The zero-order valence-electron chi connectivity index (χ0n) is 7.98. The zero-order valence-corrected chi connectivity index (χ0v) is 7.98. The molecule has 0 spiro atoms. The SMILES string of the molecule is CC(C)C(=O)OC(C)C(N)C(=O)O. The van der Waals surface area contributed by atoms with Crippen molar-refractivity contribution < 1.29 is 19.4 Å². The van der Waals surface area contributed by atoms with Crippen molar-refractivity contribution in [2.75, 3.05) is 0 Å². The molecule has 0 aliphatic heterocycles. The van der Waals surface area contributed by atoms with Crippen LogP contribution >= 0.6 is 0 Å². The average Bonchev–Trinajstić information content (AvgIpc) is 2.02. The molecule has 0 amide bonds. The van der Waals surface area contributed by atoms with Gasteiger partial charge < -0.3 is 15.6 Å². The van der Waals surface area contributed by atoms with Crippen molar-refractivity contribution in [3.8, 4) is 0 Å². The average molecular weight is 189 g/mol. The Bertz CT molecular complexity index is 202. The fourth-order valence-electron chi connectivity index (χ4n) is 0.593. The highest BCUT2D eigenvalue weighted by atomic mass is 16.5. The molecule has 3 N–H and O–H groups in total. The molecule has 2 atom stereocenters. The molecule has 0 aromatic heterocycles. The Morgan fingerprint density at radius 2 is 1.77 bits per heavy atom. The topological polar surface area (TPSA) is 89.6 Å². The van der Waals surface area contributed by atoms with Gasteiger partial charge in [0.15, 0.2) is 0 Å². The van der Waals surface area contributed by atoms with Crippen LogP contribution in [0.4, 0.5) is 0 Å². The van der Waals surface area contributed by atoms with Crippen molar-refractivity contribution in [2.24, 2.45) is 11.7 Å². The maximum Gasteiger partial charge on any atom is 0.324 e. The van der Waals surface area contributed by atoms with Gasteiger partial charge in [0.1, 0.15) is 12.1 Å². The van der Waals surface area contributed by atoms with Crippen LogP contribution in [0.2, 0.25) is 0 Å². The van der Waals surface area contributed by atoms with Crippen LogP contribution in [-0.4, -0.2) is 29.2 Å². The van der Waals surface area contributed by atoms with E-state index in [1.165, 1.54) is 6.92 Å². The smallest absolute Gasteiger partial charge is 0.324 e. The summed E-state index contributed by atoms with van der Waals surface area (Å²) in [6, 6.07) is -1.16. The molecule has 0 saturated carbocycles. The molecule has 5 heteroatoms. The minimum atomic E-state index is -1.18. The van der Waals surface area contributed by atoms with Gasteiger partial charge in [-0.05, 0) is 6.92 Å². The number of hydrogen-bond donors (Lipinski definition) is 2. The van der Waals surface area contributed by atoms with Crippen LogP contribution in [0.5, 0.6) is 0 Å². The van der Waals surface area contributed by atoms with Gasteiger partial charge in [0, 0.05) is 0 Å². The van der Waals surface area contributed by atoms with Crippen LogP contribution in [0.25, 0.3) is 0 Å². The highest BCUT2D eigenvalue weighted by molar-refractivity contribution is 5.76. The van der Waals surface area contributed by atoms with Crippen molar-refractivity contribution in [1.29, 1.82) is 0 Å². The molecular weight excluding hydrogens is 174 g/mol. The lowest BCUT2D eigenvalue weighted by molar-refractivity contribution is -0.156. The summed E-state index contributed by atoms with van der Waals surface area (Å²) in [6.45, 7) is 4.79. The number of aliphatic carboxylic acids is 1. The molecule has 13 heavy (non-hydrogen) atoms. The van der Waals surface area contributed by atoms with Crippen molar-refractivity contribution in [2.45, 2.75) is 32.9 Å². The number of carboxylic acid groups (broad SMARTS) is 1. The summed E-state index contributed by atoms with van der Waals surface area (Å²) < 4.78 is 4.79. The molecule has 5 nitrogen and oxygen atoms in total. The molecule has 0 saturated heterocycles. The largest absolute Gasteiger partial charge is 0.480 e. The predicted octanol–water partition coefficient (Wildman–Crippen LogP) is -0.0140. The van der Waals surface area contributed by atoms with E-state index in [0.29, 0.717) is 0 Å². The molecule has 76 valence electrons. The Balaban J connectivity index is 4.07. The fourth-order valence-corrected chi connectivity index (χ4v) is 0.593. The monoisotopic (exact) mass is 189 g/mol. The fraction of sp³-hybridized carbons (Fsp3) is 0.750. The summed E-state index contributed by atoms with van der Waals surface area (Å²) in [5.74, 6) is -1.89. The van der Waals surface area contributed by atoms with E-state index in [1.807, 2.05) is 0 Å². The van der Waals surface area contributed by atoms with Gasteiger partial charge in [-0.3, -0.25) is 9.59 Å². The number of carbonyl (C=O) groups is 2. The van der Waals surface area contributed by atoms with Gasteiger partial charge in [-0.1, -0.05) is 13.8 Å². The van der Waals surface area contributed by atoms with Gasteiger partial charge in [-0.15, -0.1) is 0 Å². The van der Waals surface area contributed by atoms with E-state index in [2.05, 4.69) is 0 Å². The first-order chi connectivity index (χ1) is 5.86. The van der Waals surface area contributed by atoms with E-state index >= 15 is 0 Å². The minimum Gasteiger partial charge on any atom is -0.480 e. The highest BCUT2D eigenvalue weighted by Gasteiger charge is 2.24. The van der Waals surface area contributed by atoms with E-state index in [0.717, 1.165) is 0 Å². The quantitative estimate of drug-likeness (QED) is 0.607. The van der Waals surface area contributed by atoms with E-state index in [1.54, 1.807) is 13.8 Å². The minimum absolute atomic E-state index is 0.275. The number of rotatable bonds is 4. The van der Waals surface area contributed by atoms with E-state index in [9.17, 15) is 9.59 Å². The van der Waals surface area contributed by atoms with Crippen molar-refractivity contribution in [3.63, 3.8) is 0 Å². The lowest BCUT2D eigenvalue weighted by atomic mass is 10.2. The summed E-state index contributed by atoms with van der Waals surface area (Å²) in [6.07, 6.45) is -0.799. The number of carbonyl (C=O) groups excluding carboxylic acids is 1. The van der Waals surface area contributed by atoms with Gasteiger partial charge in [0.25, 0.3) is 0 Å². The second-order valence-corrected chi connectivity index (χ2v) is 3.16. The van der Waals surface area contributed by atoms with Crippen LogP contribution in [-0.2, 0) is 14.3 Å². The molecule has 0 radical (unpaired) electrons. The summed E-state index contributed by atoms with van der Waals surface area (Å²) >= 11 is 0. The summed E-state index contributed by atoms with van der Waals surface area (Å²) in [5, 5.41) is 8.49. The highest BCUT2D eigenvalue weighted by Crippen LogP contribution is 2.03. The Hall–Kier alpha value is -1.10. The number of nitrogens with two attached hydrogens (primary N) is 1. The molecule has 0 fully saturated rings. The first-order valence-electron chi connectivity index (χ1n) is 4.05. The summed E-state index contributed by atoms with van der Waals surface area (Å²) in [7, 11) is 0. The van der Waals surface area contributed by atoms with Gasteiger partial charge in [-0.2, -0.15) is 0 Å². The van der Waals surface area contributed by atoms with Gasteiger partial charge in [0.2, 0.25) is 0 Å². The molecule has 0 bridgehead atoms. The predicted molar refractivity (Wildman–Crippen MR) is 46.0 cm³/mol. The van der Waals surface area contributed by atoms with E-state index < -0.39 is 24.1 Å². The summed E-state index contributed by atoms with van der Waals surface area (Å²) in [5.41, 5.74) is 5.23. The lowest BCUT2D eigenvalue weighted by Gasteiger charge is -2.17. The molecule has 2 unspecified atom stereocenters. The third kappa shape index (κ3) is 3.89. The second kappa shape index (κ2) is 4.81. The molecule has 0 aromatic rings. The Kier molecular flexibility index (Phi) is 4.40. The molecule has 0 aliphatic carbocycles. The van der Waals surface area contributed by atoms with Crippen LogP contribution in [0.15, 0.2) is 0 Å². The van der Waals surface area contributed by atoms with Gasteiger partial charge in [-0.25, -0.2) is 0 Å². The summed E-state index contributed by atoms with van der Waals surface area (Å²) in [4.78, 5) is 21.4. The standard InChI is InChI=1S/C8H15NO4/c1-4(2)8(12)13-5(3)6(9)7(10)11/h4-6H,9H2,1-3H3,(H,10,11). The lowest BCUT2D eigenvalue weighted by Crippen LogP contribution is -2.43. The Morgan fingerprint density at radius 3 is 2.08 bits per heavy atom. The number of carboxylic acids is 1. The first kappa shape index (κ1) is 11.9. The van der Waals surface area contributed by atoms with Crippen LogP contribution in [0.1, 0.15) is 20.8 Å². The van der Waals surface area contributed by atoms with Crippen LogP contribution < -0.4 is 5.73 Å². The van der Waals surface area contributed by atoms with Crippen molar-refractivity contribution in [3.05, 3.63) is 0 Å².